The lowest BCUT2D eigenvalue weighted by atomic mass is 10.1. The van der Waals surface area contributed by atoms with Gasteiger partial charge in [0.25, 0.3) is 11.5 Å². The number of carbonyl (C=O) groups is 1. The van der Waals surface area contributed by atoms with Crippen LogP contribution < -0.4 is 15.2 Å². The van der Waals surface area contributed by atoms with Crippen LogP contribution in [0.2, 0.25) is 0 Å². The van der Waals surface area contributed by atoms with Gasteiger partial charge in [-0.25, -0.2) is 4.98 Å². The van der Waals surface area contributed by atoms with E-state index >= 15 is 0 Å². The summed E-state index contributed by atoms with van der Waals surface area (Å²) in [7, 11) is 1.77. The summed E-state index contributed by atoms with van der Waals surface area (Å²) in [5, 5.41) is 4.36. The van der Waals surface area contributed by atoms with Crippen LogP contribution in [0.3, 0.4) is 0 Å². The molecule has 3 aromatic rings. The van der Waals surface area contributed by atoms with E-state index in [9.17, 15) is 9.59 Å². The molecule has 1 fully saturated rings. The topological polar surface area (TPSA) is 85.5 Å². The highest BCUT2D eigenvalue weighted by Crippen LogP contribution is 2.23. The minimum atomic E-state index is -0.0869. The Morgan fingerprint density at radius 3 is 2.38 bits per heavy atom. The van der Waals surface area contributed by atoms with Crippen LogP contribution in [0.15, 0.2) is 23.0 Å². The summed E-state index contributed by atoms with van der Waals surface area (Å²) in [6.07, 6.45) is 0. The molecule has 0 spiro atoms. The van der Waals surface area contributed by atoms with Crippen LogP contribution in [-0.2, 0) is 18.4 Å². The first kappa shape index (κ1) is 21.9. The molecule has 0 radical (unpaired) electrons. The van der Waals surface area contributed by atoms with Gasteiger partial charge in [-0.3, -0.25) is 18.8 Å². The Bertz CT molecular complexity index is 1200. The summed E-state index contributed by atoms with van der Waals surface area (Å²) in [5.41, 5.74) is 3.85. The fourth-order valence-electron chi connectivity index (χ4n) is 4.33. The van der Waals surface area contributed by atoms with Crippen LogP contribution in [0.4, 0.5) is 5.95 Å². The molecule has 9 heteroatoms. The first-order chi connectivity index (χ1) is 15.3. The zero-order valence-corrected chi connectivity index (χ0v) is 19.4. The third-order valence-corrected chi connectivity index (χ3v) is 6.07. The van der Waals surface area contributed by atoms with Crippen LogP contribution >= 0.6 is 0 Å². The molecule has 0 unspecified atom stereocenters. The Kier molecular flexibility index (Phi) is 5.90. The molecular formula is C23H30N6O3. The fourth-order valence-corrected chi connectivity index (χ4v) is 4.33. The highest BCUT2D eigenvalue weighted by molar-refractivity contribution is 5.79. The molecule has 32 heavy (non-hydrogen) atoms. The monoisotopic (exact) mass is 438 g/mol. The molecule has 0 atom stereocenters. The number of para-hydroxylation sites is 1. The van der Waals surface area contributed by atoms with E-state index in [-0.39, 0.29) is 18.1 Å². The van der Waals surface area contributed by atoms with E-state index in [0.29, 0.717) is 49.7 Å². The number of fused-ring (bicyclic) bond motifs is 1. The highest BCUT2D eigenvalue weighted by atomic mass is 16.5. The molecule has 1 aromatic carbocycles. The molecule has 1 aliphatic rings. The molecule has 0 saturated carbocycles. The minimum Gasteiger partial charge on any atom is -0.483 e. The Morgan fingerprint density at radius 2 is 1.75 bits per heavy atom. The number of anilines is 1. The SMILES string of the molecule is CCn1c(N2CCN(C(=O)COc3c(C)cccc3C)CC2)nc2c(C)nn(C)c2c1=O. The maximum Gasteiger partial charge on any atom is 0.281 e. The summed E-state index contributed by atoms with van der Waals surface area (Å²) in [4.78, 5) is 34.5. The second-order valence-electron chi connectivity index (χ2n) is 8.24. The molecule has 1 amide bonds. The molecule has 1 saturated heterocycles. The van der Waals surface area contributed by atoms with E-state index in [4.69, 9.17) is 9.72 Å². The smallest absolute Gasteiger partial charge is 0.281 e. The van der Waals surface area contributed by atoms with Crippen molar-refractivity contribution in [2.75, 3.05) is 37.7 Å². The van der Waals surface area contributed by atoms with Crippen molar-refractivity contribution < 1.29 is 9.53 Å². The van der Waals surface area contributed by atoms with Gasteiger partial charge < -0.3 is 14.5 Å². The molecule has 0 aliphatic carbocycles. The van der Waals surface area contributed by atoms with E-state index in [1.54, 1.807) is 16.3 Å². The van der Waals surface area contributed by atoms with Crippen molar-refractivity contribution in [2.45, 2.75) is 34.2 Å². The number of amides is 1. The van der Waals surface area contributed by atoms with Crippen LogP contribution in [0.1, 0.15) is 23.7 Å². The van der Waals surface area contributed by atoms with Crippen molar-refractivity contribution in [3.63, 3.8) is 0 Å². The maximum absolute atomic E-state index is 13.1. The number of aryl methyl sites for hydroxylation is 4. The van der Waals surface area contributed by atoms with E-state index in [0.717, 1.165) is 22.6 Å². The zero-order chi connectivity index (χ0) is 23.0. The zero-order valence-electron chi connectivity index (χ0n) is 19.4. The first-order valence-corrected chi connectivity index (χ1v) is 11.0. The van der Waals surface area contributed by atoms with Crippen molar-refractivity contribution in [1.29, 1.82) is 0 Å². The first-order valence-electron chi connectivity index (χ1n) is 11.0. The van der Waals surface area contributed by atoms with Crippen LogP contribution in [0, 0.1) is 20.8 Å². The summed E-state index contributed by atoms with van der Waals surface area (Å²) in [5.74, 6) is 1.38. The van der Waals surface area contributed by atoms with Gasteiger partial charge >= 0.3 is 0 Å². The number of ether oxygens (including phenoxy) is 1. The summed E-state index contributed by atoms with van der Waals surface area (Å²) in [6.45, 7) is 10.6. The number of aromatic nitrogens is 4. The van der Waals surface area contributed by atoms with Gasteiger partial charge in [-0.15, -0.1) is 0 Å². The van der Waals surface area contributed by atoms with Crippen molar-refractivity contribution in [1.82, 2.24) is 24.2 Å². The van der Waals surface area contributed by atoms with E-state index in [1.165, 1.54) is 0 Å². The Morgan fingerprint density at radius 1 is 1.09 bits per heavy atom. The van der Waals surface area contributed by atoms with Gasteiger partial charge in [-0.2, -0.15) is 5.10 Å². The van der Waals surface area contributed by atoms with Crippen molar-refractivity contribution >= 4 is 22.9 Å². The Hall–Kier alpha value is -3.36. The molecule has 4 rings (SSSR count). The van der Waals surface area contributed by atoms with Crippen molar-refractivity contribution in [2.24, 2.45) is 7.05 Å². The van der Waals surface area contributed by atoms with Crippen molar-refractivity contribution in [3.8, 4) is 5.75 Å². The largest absolute Gasteiger partial charge is 0.483 e. The number of piperazine rings is 1. The second kappa shape index (κ2) is 8.64. The quantitative estimate of drug-likeness (QED) is 0.604. The van der Waals surface area contributed by atoms with E-state index in [1.807, 2.05) is 50.8 Å². The van der Waals surface area contributed by atoms with Gasteiger partial charge in [0.15, 0.2) is 12.1 Å². The number of hydrogen-bond donors (Lipinski definition) is 0. The van der Waals surface area contributed by atoms with Crippen LogP contribution in [0.25, 0.3) is 11.0 Å². The standard InChI is InChI=1S/C23H30N6O3/c1-6-29-22(31)20-19(17(4)25-26(20)5)24-23(29)28-12-10-27(11-13-28)18(30)14-32-21-15(2)8-7-9-16(21)3/h7-9H,6,10-14H2,1-5H3. The van der Waals surface area contributed by atoms with Gasteiger partial charge in [0, 0.05) is 39.8 Å². The fraction of sp³-hybridized carbons (Fsp3) is 0.478. The number of hydrogen-bond acceptors (Lipinski definition) is 6. The lowest BCUT2D eigenvalue weighted by Gasteiger charge is -2.36. The van der Waals surface area contributed by atoms with Gasteiger partial charge in [0.1, 0.15) is 11.3 Å². The molecule has 0 N–H and O–H groups in total. The van der Waals surface area contributed by atoms with Gasteiger partial charge in [0.2, 0.25) is 5.95 Å². The summed E-state index contributed by atoms with van der Waals surface area (Å²) < 4.78 is 9.12. The highest BCUT2D eigenvalue weighted by Gasteiger charge is 2.26. The van der Waals surface area contributed by atoms with Gasteiger partial charge in [-0.05, 0) is 38.8 Å². The predicted octanol–water partition coefficient (Wildman–Crippen LogP) is 1.80. The maximum atomic E-state index is 13.1. The molecule has 2 aromatic heterocycles. The third-order valence-electron chi connectivity index (χ3n) is 6.07. The van der Waals surface area contributed by atoms with Crippen LogP contribution in [-0.4, -0.2) is 62.9 Å². The number of nitrogens with zero attached hydrogens (tertiary/aromatic N) is 6. The average molecular weight is 439 g/mol. The molecule has 1 aliphatic heterocycles. The molecule has 9 nitrogen and oxygen atoms in total. The Balaban J connectivity index is 1.47. The number of carbonyl (C=O) groups excluding carboxylic acids is 1. The number of benzene rings is 1. The van der Waals surface area contributed by atoms with E-state index < -0.39 is 0 Å². The average Bonchev–Trinajstić information content (AvgIpc) is 3.06. The summed E-state index contributed by atoms with van der Waals surface area (Å²) in [6, 6.07) is 5.94. The van der Waals surface area contributed by atoms with Crippen molar-refractivity contribution in [3.05, 3.63) is 45.4 Å². The van der Waals surface area contributed by atoms with E-state index in [2.05, 4.69) is 10.00 Å². The second-order valence-corrected chi connectivity index (χ2v) is 8.24. The molecule has 3 heterocycles. The third kappa shape index (κ3) is 3.83. The lowest BCUT2D eigenvalue weighted by molar-refractivity contribution is -0.133. The van der Waals surface area contributed by atoms with Crippen LogP contribution in [0.5, 0.6) is 5.75 Å². The minimum absolute atomic E-state index is 0.0183. The Labute approximate surface area is 187 Å². The normalized spacial score (nSPS) is 14.3. The predicted molar refractivity (Wildman–Crippen MR) is 123 cm³/mol. The van der Waals surface area contributed by atoms with Gasteiger partial charge in [0.05, 0.1) is 5.69 Å². The van der Waals surface area contributed by atoms with Gasteiger partial charge in [-0.1, -0.05) is 18.2 Å². The molecule has 170 valence electrons. The molecular weight excluding hydrogens is 408 g/mol. The molecule has 0 bridgehead atoms. The number of rotatable bonds is 5. The summed E-state index contributed by atoms with van der Waals surface area (Å²) >= 11 is 0. The lowest BCUT2D eigenvalue weighted by Crippen LogP contribution is -2.51.